The molecule has 26 heavy (non-hydrogen) atoms. The van der Waals surface area contributed by atoms with Gasteiger partial charge in [0.25, 0.3) is 5.91 Å². The lowest BCUT2D eigenvalue weighted by molar-refractivity contribution is -0.120. The maximum absolute atomic E-state index is 13.4. The molecule has 0 radical (unpaired) electrons. The van der Waals surface area contributed by atoms with Crippen molar-refractivity contribution in [2.24, 2.45) is 7.05 Å². The Kier molecular flexibility index (Phi) is 5.01. The number of aromatic nitrogens is 2. The highest BCUT2D eigenvalue weighted by Gasteiger charge is 2.26. The van der Waals surface area contributed by atoms with Crippen molar-refractivity contribution in [3.8, 4) is 0 Å². The Morgan fingerprint density at radius 2 is 1.92 bits per heavy atom. The second-order valence-corrected chi connectivity index (χ2v) is 6.25. The summed E-state index contributed by atoms with van der Waals surface area (Å²) in [4.78, 5) is 30.1. The van der Waals surface area contributed by atoms with Gasteiger partial charge in [-0.1, -0.05) is 6.92 Å². The van der Waals surface area contributed by atoms with Gasteiger partial charge in [0, 0.05) is 38.1 Å². The molecule has 0 fully saturated rings. The molecule has 2 aromatic rings. The van der Waals surface area contributed by atoms with E-state index in [4.69, 9.17) is 0 Å². The average Bonchev–Trinajstić information content (AvgIpc) is 2.93. The highest BCUT2D eigenvalue weighted by atomic mass is 19.1. The second-order valence-electron chi connectivity index (χ2n) is 6.25. The highest BCUT2D eigenvalue weighted by Crippen LogP contribution is 2.22. The van der Waals surface area contributed by atoms with E-state index in [-0.39, 0.29) is 11.5 Å². The van der Waals surface area contributed by atoms with Crippen LogP contribution in [0.25, 0.3) is 0 Å². The van der Waals surface area contributed by atoms with Crippen LogP contribution in [0.2, 0.25) is 0 Å². The molecule has 1 N–H and O–H groups in total. The van der Waals surface area contributed by atoms with Crippen molar-refractivity contribution in [2.45, 2.75) is 32.9 Å². The van der Waals surface area contributed by atoms with Gasteiger partial charge in [0.1, 0.15) is 17.5 Å². The minimum absolute atomic E-state index is 0.0106. The molecule has 138 valence electrons. The van der Waals surface area contributed by atoms with Gasteiger partial charge in [-0.15, -0.1) is 0 Å². The molecule has 2 amide bonds. The fourth-order valence-corrected chi connectivity index (χ4v) is 3.04. The van der Waals surface area contributed by atoms with Gasteiger partial charge >= 0.3 is 0 Å². The standard InChI is InChI=1S/C18H20F2N4O2/c1-3-17(25)21-9-16-22-14-4-5-24(10-15(14)23(16)2)18(26)11-6-12(19)8-13(20)7-11/h6-8H,3-5,9-10H2,1-2H3,(H,21,25). The molecule has 0 saturated heterocycles. The third-order valence-electron chi connectivity index (χ3n) is 4.51. The number of benzene rings is 1. The van der Waals surface area contributed by atoms with Crippen LogP contribution in [0.4, 0.5) is 8.78 Å². The fourth-order valence-electron chi connectivity index (χ4n) is 3.04. The quantitative estimate of drug-likeness (QED) is 0.904. The number of fused-ring (bicyclic) bond motifs is 1. The molecule has 1 aromatic heterocycles. The minimum Gasteiger partial charge on any atom is -0.349 e. The summed E-state index contributed by atoms with van der Waals surface area (Å²) in [5.74, 6) is -1.32. The Hall–Kier alpha value is -2.77. The van der Waals surface area contributed by atoms with E-state index in [9.17, 15) is 18.4 Å². The minimum atomic E-state index is -0.777. The Labute approximate surface area is 149 Å². The number of carbonyl (C=O) groups excluding carboxylic acids is 2. The summed E-state index contributed by atoms with van der Waals surface area (Å²) in [7, 11) is 1.83. The summed E-state index contributed by atoms with van der Waals surface area (Å²) in [6.45, 7) is 2.82. The summed E-state index contributed by atoms with van der Waals surface area (Å²) < 4.78 is 28.6. The topological polar surface area (TPSA) is 67.2 Å². The van der Waals surface area contributed by atoms with Crippen molar-refractivity contribution in [1.82, 2.24) is 19.8 Å². The van der Waals surface area contributed by atoms with Gasteiger partial charge in [-0.2, -0.15) is 0 Å². The van der Waals surface area contributed by atoms with Crippen molar-refractivity contribution in [3.05, 3.63) is 52.6 Å². The average molecular weight is 362 g/mol. The van der Waals surface area contributed by atoms with Crippen molar-refractivity contribution in [2.75, 3.05) is 6.54 Å². The lowest BCUT2D eigenvalue weighted by atomic mass is 10.1. The summed E-state index contributed by atoms with van der Waals surface area (Å²) in [6.07, 6.45) is 0.949. The number of hydrogen-bond acceptors (Lipinski definition) is 3. The van der Waals surface area contributed by atoms with Gasteiger partial charge in [-0.05, 0) is 12.1 Å². The number of carbonyl (C=O) groups is 2. The molecular formula is C18H20F2N4O2. The van der Waals surface area contributed by atoms with Crippen LogP contribution in [0.5, 0.6) is 0 Å². The third kappa shape index (κ3) is 3.58. The number of hydrogen-bond donors (Lipinski definition) is 1. The summed E-state index contributed by atoms with van der Waals surface area (Å²) >= 11 is 0. The predicted octanol–water partition coefficient (Wildman–Crippen LogP) is 1.92. The largest absolute Gasteiger partial charge is 0.349 e. The van der Waals surface area contributed by atoms with E-state index < -0.39 is 17.5 Å². The number of imidazole rings is 1. The van der Waals surface area contributed by atoms with Gasteiger partial charge in [-0.3, -0.25) is 9.59 Å². The lowest BCUT2D eigenvalue weighted by Gasteiger charge is -2.27. The molecule has 0 bridgehead atoms. The van der Waals surface area contributed by atoms with Crippen molar-refractivity contribution in [1.29, 1.82) is 0 Å². The summed E-state index contributed by atoms with van der Waals surface area (Å²) in [6, 6.07) is 2.81. The predicted molar refractivity (Wildman–Crippen MR) is 90.1 cm³/mol. The van der Waals surface area contributed by atoms with Crippen LogP contribution >= 0.6 is 0 Å². The van der Waals surface area contributed by atoms with E-state index >= 15 is 0 Å². The Morgan fingerprint density at radius 1 is 1.23 bits per heavy atom. The van der Waals surface area contributed by atoms with E-state index in [2.05, 4.69) is 10.3 Å². The normalized spacial score (nSPS) is 13.5. The van der Waals surface area contributed by atoms with Crippen LogP contribution in [0, 0.1) is 11.6 Å². The number of halogens is 2. The SMILES string of the molecule is CCC(=O)NCc1nc2c(n1C)CN(C(=O)c1cc(F)cc(F)c1)CC2. The van der Waals surface area contributed by atoms with Crippen molar-refractivity contribution >= 4 is 11.8 Å². The van der Waals surface area contributed by atoms with Crippen LogP contribution < -0.4 is 5.32 Å². The first-order chi connectivity index (χ1) is 12.4. The molecule has 2 heterocycles. The Balaban J connectivity index is 1.77. The van der Waals surface area contributed by atoms with E-state index in [1.807, 2.05) is 11.6 Å². The highest BCUT2D eigenvalue weighted by molar-refractivity contribution is 5.94. The molecular weight excluding hydrogens is 342 g/mol. The maximum atomic E-state index is 13.4. The van der Waals surface area contributed by atoms with Crippen LogP contribution in [-0.2, 0) is 31.4 Å². The molecule has 8 heteroatoms. The zero-order valence-corrected chi connectivity index (χ0v) is 14.7. The molecule has 0 saturated carbocycles. The second kappa shape index (κ2) is 7.23. The summed E-state index contributed by atoms with van der Waals surface area (Å²) in [5, 5.41) is 2.78. The first kappa shape index (κ1) is 18.0. The monoisotopic (exact) mass is 362 g/mol. The number of amides is 2. The third-order valence-corrected chi connectivity index (χ3v) is 4.51. The van der Waals surface area contributed by atoms with Crippen LogP contribution in [0.1, 0.15) is 40.9 Å². The number of rotatable bonds is 4. The molecule has 3 rings (SSSR count). The number of nitrogens with one attached hydrogen (secondary N) is 1. The molecule has 0 spiro atoms. The fraction of sp³-hybridized carbons (Fsp3) is 0.389. The van der Waals surface area contributed by atoms with E-state index in [0.717, 1.165) is 29.6 Å². The molecule has 0 aliphatic carbocycles. The smallest absolute Gasteiger partial charge is 0.254 e. The van der Waals surface area contributed by atoms with E-state index in [1.165, 1.54) is 0 Å². The molecule has 0 atom stereocenters. The van der Waals surface area contributed by atoms with Crippen molar-refractivity contribution < 1.29 is 18.4 Å². The molecule has 1 aliphatic heterocycles. The Bertz CT molecular complexity index is 843. The summed E-state index contributed by atoms with van der Waals surface area (Å²) in [5.41, 5.74) is 1.73. The zero-order valence-electron chi connectivity index (χ0n) is 14.7. The van der Waals surface area contributed by atoms with Crippen molar-refractivity contribution in [3.63, 3.8) is 0 Å². The molecule has 1 aromatic carbocycles. The van der Waals surface area contributed by atoms with Crippen LogP contribution in [0.15, 0.2) is 18.2 Å². The molecule has 0 unspecified atom stereocenters. The maximum Gasteiger partial charge on any atom is 0.254 e. The zero-order chi connectivity index (χ0) is 18.8. The van der Waals surface area contributed by atoms with Gasteiger partial charge in [0.15, 0.2) is 0 Å². The van der Waals surface area contributed by atoms with Gasteiger partial charge in [0.05, 0.1) is 24.5 Å². The van der Waals surface area contributed by atoms with Gasteiger partial charge < -0.3 is 14.8 Å². The van der Waals surface area contributed by atoms with Crippen LogP contribution in [-0.4, -0.2) is 32.8 Å². The number of nitrogens with zero attached hydrogens (tertiary/aromatic N) is 3. The van der Waals surface area contributed by atoms with E-state index in [1.54, 1.807) is 11.8 Å². The van der Waals surface area contributed by atoms with Gasteiger partial charge in [-0.25, -0.2) is 13.8 Å². The van der Waals surface area contributed by atoms with Crippen LogP contribution in [0.3, 0.4) is 0 Å². The van der Waals surface area contributed by atoms with E-state index in [0.29, 0.717) is 38.3 Å². The lowest BCUT2D eigenvalue weighted by Crippen LogP contribution is -2.36. The van der Waals surface area contributed by atoms with Gasteiger partial charge in [0.2, 0.25) is 5.91 Å². The first-order valence-corrected chi connectivity index (χ1v) is 8.44. The molecule has 6 nitrogen and oxygen atoms in total. The Morgan fingerprint density at radius 3 is 2.58 bits per heavy atom. The first-order valence-electron chi connectivity index (χ1n) is 8.44. The molecule has 1 aliphatic rings.